The van der Waals surface area contributed by atoms with Crippen LogP contribution in [-0.2, 0) is 4.79 Å². The summed E-state index contributed by atoms with van der Waals surface area (Å²) < 4.78 is 0. The Hall–Kier alpha value is -0.570. The largest absolute Gasteiger partial charge is 0.481 e. The molecule has 0 saturated heterocycles. The first-order valence-electron chi connectivity index (χ1n) is 4.09. The van der Waals surface area contributed by atoms with Crippen molar-refractivity contribution in [2.75, 3.05) is 0 Å². The number of carboxylic acids is 1. The van der Waals surface area contributed by atoms with Crippen molar-refractivity contribution in [2.24, 2.45) is 17.6 Å². The van der Waals surface area contributed by atoms with Gasteiger partial charge >= 0.3 is 5.97 Å². The van der Waals surface area contributed by atoms with E-state index < -0.39 is 5.97 Å². The fraction of sp³-hybridized carbons (Fsp3) is 0.875. The average Bonchev–Trinajstić information content (AvgIpc) is 1.85. The lowest BCUT2D eigenvalue weighted by Gasteiger charge is -2.29. The normalized spacial score (nSPS) is 38.5. The van der Waals surface area contributed by atoms with Gasteiger partial charge in [0.1, 0.15) is 0 Å². The van der Waals surface area contributed by atoms with E-state index in [9.17, 15) is 4.79 Å². The molecule has 1 aliphatic carbocycles. The van der Waals surface area contributed by atoms with Gasteiger partial charge in [0.05, 0.1) is 5.92 Å². The molecule has 1 aliphatic rings. The first kappa shape index (κ1) is 8.53. The van der Waals surface area contributed by atoms with Crippen LogP contribution in [-0.4, -0.2) is 17.1 Å². The van der Waals surface area contributed by atoms with Crippen molar-refractivity contribution in [3.63, 3.8) is 0 Å². The summed E-state index contributed by atoms with van der Waals surface area (Å²) in [6.45, 7) is 1.97. The van der Waals surface area contributed by atoms with E-state index in [2.05, 4.69) is 0 Å². The second-order valence-electron chi connectivity index (χ2n) is 3.50. The summed E-state index contributed by atoms with van der Waals surface area (Å²) in [5.74, 6) is -0.574. The molecule has 0 spiro atoms. The predicted molar refractivity (Wildman–Crippen MR) is 42.1 cm³/mol. The van der Waals surface area contributed by atoms with Crippen molar-refractivity contribution >= 4 is 5.97 Å². The summed E-state index contributed by atoms with van der Waals surface area (Å²) in [7, 11) is 0. The van der Waals surface area contributed by atoms with Crippen LogP contribution in [0.3, 0.4) is 0 Å². The van der Waals surface area contributed by atoms with E-state index in [1.54, 1.807) is 0 Å². The second-order valence-corrected chi connectivity index (χ2v) is 3.50. The highest BCUT2D eigenvalue weighted by Gasteiger charge is 2.30. The SMILES string of the molecule is CC1CC(N)CCC1C(=O)O. The molecule has 0 amide bonds. The Kier molecular flexibility index (Phi) is 2.49. The molecule has 64 valence electrons. The highest BCUT2D eigenvalue weighted by Crippen LogP contribution is 2.28. The highest BCUT2D eigenvalue weighted by atomic mass is 16.4. The van der Waals surface area contributed by atoms with Gasteiger partial charge in [-0.05, 0) is 25.2 Å². The molecule has 11 heavy (non-hydrogen) atoms. The molecular formula is C8H15NO2. The van der Waals surface area contributed by atoms with E-state index in [1.165, 1.54) is 0 Å². The molecule has 3 nitrogen and oxygen atoms in total. The van der Waals surface area contributed by atoms with E-state index in [4.69, 9.17) is 10.8 Å². The van der Waals surface area contributed by atoms with Gasteiger partial charge < -0.3 is 10.8 Å². The number of carbonyl (C=O) groups is 1. The lowest BCUT2D eigenvalue weighted by atomic mass is 9.78. The zero-order chi connectivity index (χ0) is 8.43. The van der Waals surface area contributed by atoms with E-state index in [0.29, 0.717) is 0 Å². The van der Waals surface area contributed by atoms with Crippen LogP contribution in [0, 0.1) is 11.8 Å². The van der Waals surface area contributed by atoms with Gasteiger partial charge in [-0.2, -0.15) is 0 Å². The zero-order valence-electron chi connectivity index (χ0n) is 6.79. The molecule has 0 radical (unpaired) electrons. The van der Waals surface area contributed by atoms with Crippen molar-refractivity contribution in [3.05, 3.63) is 0 Å². The molecule has 3 atom stereocenters. The molecule has 0 aliphatic heterocycles. The van der Waals surface area contributed by atoms with Crippen molar-refractivity contribution in [1.82, 2.24) is 0 Å². The molecule has 3 unspecified atom stereocenters. The summed E-state index contributed by atoms with van der Waals surface area (Å²) in [5.41, 5.74) is 5.69. The maximum absolute atomic E-state index is 10.6. The predicted octanol–water partition coefficient (Wildman–Crippen LogP) is 0.834. The Morgan fingerprint density at radius 3 is 2.64 bits per heavy atom. The molecule has 1 fully saturated rings. The summed E-state index contributed by atoms with van der Waals surface area (Å²) in [6.07, 6.45) is 2.47. The van der Waals surface area contributed by atoms with Crippen LogP contribution >= 0.6 is 0 Å². The van der Waals surface area contributed by atoms with Crippen LogP contribution < -0.4 is 5.73 Å². The summed E-state index contributed by atoms with van der Waals surface area (Å²) in [6, 6.07) is 0.223. The second kappa shape index (κ2) is 3.22. The zero-order valence-corrected chi connectivity index (χ0v) is 6.79. The third-order valence-electron chi connectivity index (χ3n) is 2.53. The van der Waals surface area contributed by atoms with Gasteiger partial charge in [-0.15, -0.1) is 0 Å². The van der Waals surface area contributed by atoms with Crippen molar-refractivity contribution in [3.8, 4) is 0 Å². The van der Waals surface area contributed by atoms with Gasteiger partial charge in [-0.25, -0.2) is 0 Å². The van der Waals surface area contributed by atoms with Gasteiger partial charge in [-0.1, -0.05) is 6.92 Å². The molecule has 1 saturated carbocycles. The fourth-order valence-corrected chi connectivity index (χ4v) is 1.80. The number of hydrogen-bond donors (Lipinski definition) is 2. The van der Waals surface area contributed by atoms with Crippen LogP contribution in [0.1, 0.15) is 26.2 Å². The quantitative estimate of drug-likeness (QED) is 0.592. The Balaban J connectivity index is 2.50. The van der Waals surface area contributed by atoms with Crippen LogP contribution in [0.4, 0.5) is 0 Å². The smallest absolute Gasteiger partial charge is 0.306 e. The molecule has 0 bridgehead atoms. The number of aliphatic carboxylic acids is 1. The first-order valence-corrected chi connectivity index (χ1v) is 4.09. The number of carboxylic acid groups (broad SMARTS) is 1. The maximum atomic E-state index is 10.6. The van der Waals surface area contributed by atoms with Crippen LogP contribution in [0.25, 0.3) is 0 Å². The number of nitrogens with two attached hydrogens (primary N) is 1. The molecule has 0 aromatic carbocycles. The standard InChI is InChI=1S/C8H15NO2/c1-5-4-6(9)2-3-7(5)8(10)11/h5-7H,2-4,9H2,1H3,(H,10,11). The third kappa shape index (κ3) is 1.93. The third-order valence-corrected chi connectivity index (χ3v) is 2.53. The number of rotatable bonds is 1. The molecule has 0 aromatic rings. The van der Waals surface area contributed by atoms with Crippen molar-refractivity contribution in [2.45, 2.75) is 32.2 Å². The van der Waals surface area contributed by atoms with E-state index in [-0.39, 0.29) is 17.9 Å². The van der Waals surface area contributed by atoms with E-state index in [1.807, 2.05) is 6.92 Å². The Bertz CT molecular complexity index is 158. The minimum Gasteiger partial charge on any atom is -0.481 e. The van der Waals surface area contributed by atoms with Crippen LogP contribution in [0.5, 0.6) is 0 Å². The molecule has 3 N–H and O–H groups in total. The van der Waals surface area contributed by atoms with Crippen LogP contribution in [0.2, 0.25) is 0 Å². The lowest BCUT2D eigenvalue weighted by Crippen LogP contribution is -2.35. The molecule has 0 heterocycles. The Morgan fingerprint density at radius 2 is 2.18 bits per heavy atom. The maximum Gasteiger partial charge on any atom is 0.306 e. The first-order chi connectivity index (χ1) is 5.11. The Morgan fingerprint density at radius 1 is 1.55 bits per heavy atom. The summed E-state index contributed by atoms with van der Waals surface area (Å²) in [4.78, 5) is 10.6. The lowest BCUT2D eigenvalue weighted by molar-refractivity contribution is -0.144. The summed E-state index contributed by atoms with van der Waals surface area (Å²) >= 11 is 0. The minimum absolute atomic E-state index is 0.158. The van der Waals surface area contributed by atoms with Gasteiger partial charge in [-0.3, -0.25) is 4.79 Å². The van der Waals surface area contributed by atoms with Crippen molar-refractivity contribution in [1.29, 1.82) is 0 Å². The summed E-state index contributed by atoms with van der Waals surface area (Å²) in [5, 5.41) is 8.75. The molecular weight excluding hydrogens is 142 g/mol. The van der Waals surface area contributed by atoms with Crippen molar-refractivity contribution < 1.29 is 9.90 Å². The van der Waals surface area contributed by atoms with Crippen LogP contribution in [0.15, 0.2) is 0 Å². The molecule has 3 heteroatoms. The van der Waals surface area contributed by atoms with Gasteiger partial charge in [0.2, 0.25) is 0 Å². The topological polar surface area (TPSA) is 63.3 Å². The van der Waals surface area contributed by atoms with E-state index >= 15 is 0 Å². The molecule has 0 aromatic heterocycles. The van der Waals surface area contributed by atoms with Gasteiger partial charge in [0.25, 0.3) is 0 Å². The highest BCUT2D eigenvalue weighted by molar-refractivity contribution is 5.70. The monoisotopic (exact) mass is 157 g/mol. The fourth-order valence-electron chi connectivity index (χ4n) is 1.80. The average molecular weight is 157 g/mol. The Labute approximate surface area is 66.6 Å². The van der Waals surface area contributed by atoms with Gasteiger partial charge in [0, 0.05) is 6.04 Å². The van der Waals surface area contributed by atoms with Gasteiger partial charge in [0.15, 0.2) is 0 Å². The number of hydrogen-bond acceptors (Lipinski definition) is 2. The minimum atomic E-state index is -0.663. The van der Waals surface area contributed by atoms with E-state index in [0.717, 1.165) is 19.3 Å². The molecule has 1 rings (SSSR count).